The summed E-state index contributed by atoms with van der Waals surface area (Å²) < 4.78 is 0. The predicted molar refractivity (Wildman–Crippen MR) is 51.4 cm³/mol. The molecule has 2 aliphatic rings. The van der Waals surface area contributed by atoms with Gasteiger partial charge < -0.3 is 10.6 Å². The third kappa shape index (κ3) is 2.21. The highest BCUT2D eigenvalue weighted by molar-refractivity contribution is 5.78. The van der Waals surface area contributed by atoms with E-state index in [9.17, 15) is 4.79 Å². The summed E-state index contributed by atoms with van der Waals surface area (Å²) in [7, 11) is 0. The Morgan fingerprint density at radius 3 is 2.85 bits per heavy atom. The fourth-order valence-electron chi connectivity index (χ4n) is 2.21. The topological polar surface area (TPSA) is 41.1 Å². The van der Waals surface area contributed by atoms with Crippen LogP contribution < -0.4 is 10.6 Å². The number of hydrogen-bond acceptors (Lipinski definition) is 2. The van der Waals surface area contributed by atoms with E-state index in [0.29, 0.717) is 18.5 Å². The van der Waals surface area contributed by atoms with Crippen molar-refractivity contribution in [3.63, 3.8) is 0 Å². The molecule has 1 atom stereocenters. The Morgan fingerprint density at radius 2 is 2.31 bits per heavy atom. The molecule has 1 saturated heterocycles. The van der Waals surface area contributed by atoms with E-state index in [1.54, 1.807) is 0 Å². The summed E-state index contributed by atoms with van der Waals surface area (Å²) in [5.41, 5.74) is 0. The van der Waals surface area contributed by atoms with Crippen molar-refractivity contribution in [3.05, 3.63) is 0 Å². The van der Waals surface area contributed by atoms with Gasteiger partial charge in [0.05, 0.1) is 0 Å². The molecule has 0 aromatic rings. The van der Waals surface area contributed by atoms with Crippen LogP contribution in [0.15, 0.2) is 0 Å². The van der Waals surface area contributed by atoms with E-state index in [0.717, 1.165) is 18.9 Å². The number of hydrogen-bond donors (Lipinski definition) is 2. The SMILES string of the molecule is CC1CC(NCC2CCC(=O)N2)C1. The van der Waals surface area contributed by atoms with Crippen LogP contribution in [0.5, 0.6) is 0 Å². The molecule has 1 saturated carbocycles. The van der Waals surface area contributed by atoms with Crippen molar-refractivity contribution >= 4 is 5.91 Å². The predicted octanol–water partition coefficient (Wildman–Crippen LogP) is 0.653. The Balaban J connectivity index is 1.60. The fourth-order valence-corrected chi connectivity index (χ4v) is 2.21. The first-order valence-electron chi connectivity index (χ1n) is 5.27. The number of rotatable bonds is 3. The number of carbonyl (C=O) groups excluding carboxylic acids is 1. The Morgan fingerprint density at radius 1 is 1.54 bits per heavy atom. The van der Waals surface area contributed by atoms with Gasteiger partial charge in [-0.3, -0.25) is 4.79 Å². The van der Waals surface area contributed by atoms with Gasteiger partial charge in [-0.05, 0) is 25.2 Å². The molecule has 1 aliphatic heterocycles. The maximum Gasteiger partial charge on any atom is 0.220 e. The first-order valence-corrected chi connectivity index (χ1v) is 5.27. The van der Waals surface area contributed by atoms with E-state index in [2.05, 4.69) is 17.6 Å². The summed E-state index contributed by atoms with van der Waals surface area (Å²) in [5.74, 6) is 1.12. The fraction of sp³-hybridized carbons (Fsp3) is 0.900. The van der Waals surface area contributed by atoms with Gasteiger partial charge in [0.2, 0.25) is 5.91 Å². The standard InChI is InChI=1S/C10H18N2O/c1-7-4-9(5-7)11-6-8-2-3-10(13)12-8/h7-9,11H,2-6H2,1H3,(H,12,13). The van der Waals surface area contributed by atoms with Crippen molar-refractivity contribution in [3.8, 4) is 0 Å². The molecule has 74 valence electrons. The molecule has 1 amide bonds. The second-order valence-corrected chi connectivity index (χ2v) is 4.48. The highest BCUT2D eigenvalue weighted by Crippen LogP contribution is 2.26. The zero-order valence-corrected chi connectivity index (χ0v) is 8.18. The lowest BCUT2D eigenvalue weighted by Gasteiger charge is -2.34. The summed E-state index contributed by atoms with van der Waals surface area (Å²) in [6.07, 6.45) is 4.34. The van der Waals surface area contributed by atoms with Crippen LogP contribution in [0.25, 0.3) is 0 Å². The zero-order valence-electron chi connectivity index (χ0n) is 8.18. The summed E-state index contributed by atoms with van der Waals surface area (Å²) in [4.78, 5) is 10.9. The van der Waals surface area contributed by atoms with Crippen molar-refractivity contribution in [2.45, 2.75) is 44.7 Å². The van der Waals surface area contributed by atoms with Crippen molar-refractivity contribution in [2.24, 2.45) is 5.92 Å². The smallest absolute Gasteiger partial charge is 0.220 e. The van der Waals surface area contributed by atoms with Gasteiger partial charge in [0, 0.05) is 25.0 Å². The first-order chi connectivity index (χ1) is 6.24. The molecule has 0 spiro atoms. The van der Waals surface area contributed by atoms with Crippen LogP contribution in [-0.2, 0) is 4.79 Å². The molecule has 2 fully saturated rings. The molecule has 3 nitrogen and oxygen atoms in total. The number of nitrogens with one attached hydrogen (secondary N) is 2. The van der Waals surface area contributed by atoms with Crippen molar-refractivity contribution in [2.75, 3.05) is 6.54 Å². The van der Waals surface area contributed by atoms with Gasteiger partial charge in [-0.25, -0.2) is 0 Å². The maximum atomic E-state index is 10.9. The second kappa shape index (κ2) is 3.66. The summed E-state index contributed by atoms with van der Waals surface area (Å²) in [5, 5.41) is 6.46. The first kappa shape index (κ1) is 9.00. The molecule has 0 radical (unpaired) electrons. The van der Waals surface area contributed by atoms with Crippen LogP contribution in [0, 0.1) is 5.92 Å². The zero-order chi connectivity index (χ0) is 9.26. The highest BCUT2D eigenvalue weighted by Gasteiger charge is 2.27. The molecule has 0 aromatic heterocycles. The van der Waals surface area contributed by atoms with Crippen molar-refractivity contribution < 1.29 is 4.79 Å². The molecule has 13 heavy (non-hydrogen) atoms. The van der Waals surface area contributed by atoms with Gasteiger partial charge in [-0.1, -0.05) is 6.92 Å². The average Bonchev–Trinajstić information content (AvgIpc) is 2.43. The van der Waals surface area contributed by atoms with Gasteiger partial charge in [-0.2, -0.15) is 0 Å². The van der Waals surface area contributed by atoms with Crippen LogP contribution in [0.4, 0.5) is 0 Å². The largest absolute Gasteiger partial charge is 0.352 e. The molecule has 2 N–H and O–H groups in total. The molecular formula is C10H18N2O. The van der Waals surface area contributed by atoms with E-state index < -0.39 is 0 Å². The molecule has 1 heterocycles. The monoisotopic (exact) mass is 182 g/mol. The van der Waals surface area contributed by atoms with Crippen LogP contribution in [0.1, 0.15) is 32.6 Å². The van der Waals surface area contributed by atoms with Gasteiger partial charge in [0.25, 0.3) is 0 Å². The normalized spacial score (nSPS) is 38.5. The Labute approximate surface area is 79.3 Å². The number of carbonyl (C=O) groups is 1. The third-order valence-corrected chi connectivity index (χ3v) is 3.11. The Bertz CT molecular complexity index is 199. The highest BCUT2D eigenvalue weighted by atomic mass is 16.1. The number of amides is 1. The van der Waals surface area contributed by atoms with E-state index in [-0.39, 0.29) is 5.91 Å². The van der Waals surface area contributed by atoms with Gasteiger partial charge in [0.1, 0.15) is 0 Å². The Kier molecular flexibility index (Phi) is 2.54. The van der Waals surface area contributed by atoms with Gasteiger partial charge in [0.15, 0.2) is 0 Å². The Hall–Kier alpha value is -0.570. The molecule has 2 rings (SSSR count). The lowest BCUT2D eigenvalue weighted by atomic mass is 9.82. The van der Waals surface area contributed by atoms with Crippen LogP contribution in [0.2, 0.25) is 0 Å². The molecule has 3 heteroatoms. The summed E-state index contributed by atoms with van der Waals surface area (Å²) >= 11 is 0. The molecule has 0 bridgehead atoms. The molecular weight excluding hydrogens is 164 g/mol. The van der Waals surface area contributed by atoms with E-state index in [1.807, 2.05) is 0 Å². The minimum atomic E-state index is 0.216. The summed E-state index contributed by atoms with van der Waals surface area (Å²) in [6, 6.07) is 1.11. The lowest BCUT2D eigenvalue weighted by molar-refractivity contribution is -0.119. The lowest BCUT2D eigenvalue weighted by Crippen LogP contribution is -2.45. The van der Waals surface area contributed by atoms with E-state index in [1.165, 1.54) is 12.8 Å². The summed E-state index contributed by atoms with van der Waals surface area (Å²) in [6.45, 7) is 3.25. The third-order valence-electron chi connectivity index (χ3n) is 3.11. The van der Waals surface area contributed by atoms with Crippen molar-refractivity contribution in [1.82, 2.24) is 10.6 Å². The molecule has 1 unspecified atom stereocenters. The van der Waals surface area contributed by atoms with E-state index in [4.69, 9.17) is 0 Å². The van der Waals surface area contributed by atoms with Crippen molar-refractivity contribution in [1.29, 1.82) is 0 Å². The molecule has 0 aromatic carbocycles. The van der Waals surface area contributed by atoms with Crippen LogP contribution in [-0.4, -0.2) is 24.5 Å². The second-order valence-electron chi connectivity index (χ2n) is 4.48. The quantitative estimate of drug-likeness (QED) is 0.673. The van der Waals surface area contributed by atoms with Gasteiger partial charge >= 0.3 is 0 Å². The minimum absolute atomic E-state index is 0.216. The van der Waals surface area contributed by atoms with Gasteiger partial charge in [-0.15, -0.1) is 0 Å². The maximum absolute atomic E-state index is 10.9. The van der Waals surface area contributed by atoms with E-state index >= 15 is 0 Å². The van der Waals surface area contributed by atoms with Crippen LogP contribution in [0.3, 0.4) is 0 Å². The minimum Gasteiger partial charge on any atom is -0.352 e. The van der Waals surface area contributed by atoms with Crippen LogP contribution >= 0.6 is 0 Å². The molecule has 1 aliphatic carbocycles. The average molecular weight is 182 g/mol.